The van der Waals surface area contributed by atoms with E-state index in [0.29, 0.717) is 0 Å². The normalized spacial score (nSPS) is 21.5. The summed E-state index contributed by atoms with van der Waals surface area (Å²) in [5.74, 6) is -0.0101. The van der Waals surface area contributed by atoms with Crippen molar-refractivity contribution >= 4 is 23.7 Å². The van der Waals surface area contributed by atoms with E-state index in [1.54, 1.807) is 11.8 Å². The van der Waals surface area contributed by atoms with Crippen LogP contribution in [0.15, 0.2) is 0 Å². The predicted molar refractivity (Wildman–Crippen MR) is 57.2 cm³/mol. The van der Waals surface area contributed by atoms with Crippen LogP contribution in [-0.4, -0.2) is 57.7 Å². The van der Waals surface area contributed by atoms with Crippen LogP contribution >= 0.6 is 11.8 Å². The molecule has 0 aliphatic carbocycles. The first-order valence-corrected chi connectivity index (χ1v) is 6.00. The molecule has 15 heavy (non-hydrogen) atoms. The lowest BCUT2D eigenvalue weighted by Crippen LogP contribution is -2.44. The Bertz CT molecular complexity index is 224. The number of carbonyl (C=O) groups is 2. The molecule has 1 aliphatic rings. The summed E-state index contributed by atoms with van der Waals surface area (Å²) in [5, 5.41) is 17.4. The first kappa shape index (κ1) is 12.3. The summed E-state index contributed by atoms with van der Waals surface area (Å²) < 4.78 is 0. The molecule has 2 N–H and O–H groups in total. The SMILES string of the molecule is O=C(O)CN(CC(=O)O)C1CCCSC1. The van der Waals surface area contributed by atoms with Crippen LogP contribution < -0.4 is 0 Å². The van der Waals surface area contributed by atoms with Gasteiger partial charge in [-0.25, -0.2) is 0 Å². The minimum absolute atomic E-state index is 0.0935. The van der Waals surface area contributed by atoms with Crippen LogP contribution in [0.2, 0.25) is 0 Å². The van der Waals surface area contributed by atoms with Crippen LogP contribution in [0.5, 0.6) is 0 Å². The van der Waals surface area contributed by atoms with E-state index in [4.69, 9.17) is 10.2 Å². The van der Waals surface area contributed by atoms with Crippen molar-refractivity contribution in [1.29, 1.82) is 0 Å². The van der Waals surface area contributed by atoms with Crippen molar-refractivity contribution in [3.8, 4) is 0 Å². The van der Waals surface area contributed by atoms with Gasteiger partial charge in [-0.05, 0) is 18.6 Å². The minimum atomic E-state index is -0.966. The zero-order chi connectivity index (χ0) is 11.3. The first-order chi connectivity index (χ1) is 7.09. The number of carboxylic acids is 2. The van der Waals surface area contributed by atoms with Gasteiger partial charge in [0.15, 0.2) is 0 Å². The third-order valence-corrected chi connectivity index (χ3v) is 3.53. The number of thioether (sulfide) groups is 1. The Balaban J connectivity index is 2.52. The molecule has 0 aromatic heterocycles. The summed E-state index contributed by atoms with van der Waals surface area (Å²) in [7, 11) is 0. The number of rotatable bonds is 5. The average molecular weight is 233 g/mol. The average Bonchev–Trinajstić information content (AvgIpc) is 2.17. The molecule has 0 saturated carbocycles. The highest BCUT2D eigenvalue weighted by molar-refractivity contribution is 7.99. The molecule has 1 aliphatic heterocycles. The molecule has 1 heterocycles. The molecule has 5 nitrogen and oxygen atoms in total. The van der Waals surface area contributed by atoms with Gasteiger partial charge < -0.3 is 10.2 Å². The van der Waals surface area contributed by atoms with Gasteiger partial charge >= 0.3 is 11.9 Å². The van der Waals surface area contributed by atoms with E-state index in [1.807, 2.05) is 0 Å². The zero-order valence-corrected chi connectivity index (χ0v) is 9.20. The van der Waals surface area contributed by atoms with Crippen molar-refractivity contribution in [2.45, 2.75) is 18.9 Å². The summed E-state index contributed by atoms with van der Waals surface area (Å²) >= 11 is 1.76. The molecule has 1 rings (SSSR count). The number of aliphatic carboxylic acids is 2. The quantitative estimate of drug-likeness (QED) is 0.713. The van der Waals surface area contributed by atoms with E-state index in [-0.39, 0.29) is 19.1 Å². The summed E-state index contributed by atoms with van der Waals surface area (Å²) in [6, 6.07) is 0.0935. The Morgan fingerprint density at radius 1 is 1.27 bits per heavy atom. The van der Waals surface area contributed by atoms with Crippen molar-refractivity contribution < 1.29 is 19.8 Å². The highest BCUT2D eigenvalue weighted by Crippen LogP contribution is 2.21. The molecule has 1 unspecified atom stereocenters. The van der Waals surface area contributed by atoms with Crippen molar-refractivity contribution in [3.05, 3.63) is 0 Å². The van der Waals surface area contributed by atoms with Gasteiger partial charge in [0.1, 0.15) is 0 Å². The van der Waals surface area contributed by atoms with Gasteiger partial charge in [-0.15, -0.1) is 0 Å². The maximum atomic E-state index is 10.6. The largest absolute Gasteiger partial charge is 0.480 e. The lowest BCUT2D eigenvalue weighted by atomic mass is 10.1. The number of carboxylic acid groups (broad SMARTS) is 2. The Morgan fingerprint density at radius 3 is 2.27 bits per heavy atom. The Labute approximate surface area is 92.4 Å². The van der Waals surface area contributed by atoms with Crippen LogP contribution in [0, 0.1) is 0 Å². The summed E-state index contributed by atoms with van der Waals surface area (Å²) in [5.41, 5.74) is 0. The van der Waals surface area contributed by atoms with Crippen LogP contribution in [-0.2, 0) is 9.59 Å². The molecule has 86 valence electrons. The molecule has 1 atom stereocenters. The van der Waals surface area contributed by atoms with Gasteiger partial charge in [0.2, 0.25) is 0 Å². The molecule has 0 bridgehead atoms. The second-order valence-corrected chi connectivity index (χ2v) is 4.71. The monoisotopic (exact) mass is 233 g/mol. The lowest BCUT2D eigenvalue weighted by Gasteiger charge is -2.31. The number of hydrogen-bond acceptors (Lipinski definition) is 4. The van der Waals surface area contributed by atoms with Crippen molar-refractivity contribution in [3.63, 3.8) is 0 Å². The molecule has 1 fully saturated rings. The fraction of sp³-hybridized carbons (Fsp3) is 0.778. The fourth-order valence-corrected chi connectivity index (χ4v) is 2.86. The molecule has 0 radical (unpaired) electrons. The van der Waals surface area contributed by atoms with E-state index in [9.17, 15) is 9.59 Å². The van der Waals surface area contributed by atoms with Crippen LogP contribution in [0.1, 0.15) is 12.8 Å². The van der Waals surface area contributed by atoms with Crippen molar-refractivity contribution in [2.24, 2.45) is 0 Å². The van der Waals surface area contributed by atoms with E-state index in [1.165, 1.54) is 4.90 Å². The van der Waals surface area contributed by atoms with Gasteiger partial charge in [0, 0.05) is 11.8 Å². The Hall–Kier alpha value is -0.750. The van der Waals surface area contributed by atoms with Crippen molar-refractivity contribution in [2.75, 3.05) is 24.6 Å². The predicted octanol–water partition coefficient (Wildman–Crippen LogP) is 0.353. The van der Waals surface area contributed by atoms with E-state index in [2.05, 4.69) is 0 Å². The molecular weight excluding hydrogens is 218 g/mol. The third-order valence-electron chi connectivity index (χ3n) is 2.33. The summed E-state index contributed by atoms with van der Waals surface area (Å²) in [6.45, 7) is -0.366. The Kier molecular flexibility index (Phi) is 4.90. The van der Waals surface area contributed by atoms with Crippen LogP contribution in [0.25, 0.3) is 0 Å². The summed E-state index contributed by atoms with van der Waals surface area (Å²) in [4.78, 5) is 22.7. The summed E-state index contributed by atoms with van der Waals surface area (Å²) in [6.07, 6.45) is 1.93. The molecule has 1 saturated heterocycles. The molecule has 6 heteroatoms. The van der Waals surface area contributed by atoms with Gasteiger partial charge in [-0.3, -0.25) is 14.5 Å². The van der Waals surface area contributed by atoms with E-state index < -0.39 is 11.9 Å². The topological polar surface area (TPSA) is 77.8 Å². The molecule has 0 aromatic carbocycles. The zero-order valence-electron chi connectivity index (χ0n) is 8.39. The lowest BCUT2D eigenvalue weighted by molar-refractivity contribution is -0.142. The van der Waals surface area contributed by atoms with E-state index in [0.717, 1.165) is 24.3 Å². The second kappa shape index (κ2) is 5.97. The van der Waals surface area contributed by atoms with Gasteiger partial charge in [-0.2, -0.15) is 11.8 Å². The number of hydrogen-bond donors (Lipinski definition) is 2. The third kappa shape index (κ3) is 4.53. The number of nitrogens with zero attached hydrogens (tertiary/aromatic N) is 1. The maximum Gasteiger partial charge on any atom is 0.317 e. The Morgan fingerprint density at radius 2 is 1.87 bits per heavy atom. The van der Waals surface area contributed by atoms with Gasteiger partial charge in [0.25, 0.3) is 0 Å². The fourth-order valence-electron chi connectivity index (χ4n) is 1.67. The molecule has 0 amide bonds. The van der Waals surface area contributed by atoms with Gasteiger partial charge in [0.05, 0.1) is 13.1 Å². The second-order valence-electron chi connectivity index (χ2n) is 3.56. The highest BCUT2D eigenvalue weighted by atomic mass is 32.2. The van der Waals surface area contributed by atoms with E-state index >= 15 is 0 Å². The smallest absolute Gasteiger partial charge is 0.317 e. The minimum Gasteiger partial charge on any atom is -0.480 e. The molecule has 0 spiro atoms. The first-order valence-electron chi connectivity index (χ1n) is 4.85. The highest BCUT2D eigenvalue weighted by Gasteiger charge is 2.24. The van der Waals surface area contributed by atoms with Crippen LogP contribution in [0.4, 0.5) is 0 Å². The maximum absolute atomic E-state index is 10.6. The van der Waals surface area contributed by atoms with Gasteiger partial charge in [-0.1, -0.05) is 0 Å². The van der Waals surface area contributed by atoms with Crippen LogP contribution in [0.3, 0.4) is 0 Å². The molecular formula is C9H15NO4S. The standard InChI is InChI=1S/C9H15NO4S/c11-8(12)4-10(5-9(13)14)7-2-1-3-15-6-7/h7H,1-6H2,(H,11,12)(H,13,14). The molecule has 0 aromatic rings. The van der Waals surface area contributed by atoms with Crippen molar-refractivity contribution in [1.82, 2.24) is 4.90 Å².